The molecule has 0 fully saturated rings. The van der Waals surface area contributed by atoms with E-state index < -0.39 is 6.10 Å². The van der Waals surface area contributed by atoms with Gasteiger partial charge in [0.25, 0.3) is 0 Å². The number of benzene rings is 1. The van der Waals surface area contributed by atoms with Crippen LogP contribution in [0.25, 0.3) is 0 Å². The van der Waals surface area contributed by atoms with Crippen molar-refractivity contribution in [1.82, 2.24) is 5.32 Å². The summed E-state index contributed by atoms with van der Waals surface area (Å²) in [6.07, 6.45) is -0.667. The van der Waals surface area contributed by atoms with Gasteiger partial charge in [-0.25, -0.2) is 0 Å². The van der Waals surface area contributed by atoms with E-state index in [1.165, 1.54) is 7.11 Å². The van der Waals surface area contributed by atoms with Gasteiger partial charge in [-0.15, -0.1) is 0 Å². The number of hydrogen-bond acceptors (Lipinski definition) is 5. The molecule has 0 spiro atoms. The van der Waals surface area contributed by atoms with Crippen LogP contribution in [0.4, 0.5) is 0 Å². The second-order valence-electron chi connectivity index (χ2n) is 3.48. The van der Waals surface area contributed by atoms with Gasteiger partial charge in [0.2, 0.25) is 0 Å². The van der Waals surface area contributed by atoms with Gasteiger partial charge in [-0.3, -0.25) is 4.79 Å². The molecule has 0 saturated carbocycles. The Balaban J connectivity index is 2.13. The molecule has 1 atom stereocenters. The average Bonchev–Trinajstić information content (AvgIpc) is 2.37. The zero-order chi connectivity index (χ0) is 12.5. The zero-order valence-corrected chi connectivity index (χ0v) is 9.76. The summed E-state index contributed by atoms with van der Waals surface area (Å²) >= 11 is 0. The Hall–Kier alpha value is -1.59. The Labute approximate surface area is 100 Å². The predicted octanol–water partition coefficient (Wildman–Crippen LogP) is 0.189. The van der Waals surface area contributed by atoms with Crippen molar-refractivity contribution in [1.29, 1.82) is 0 Å². The molecule has 0 aromatic heterocycles. The minimum absolute atomic E-state index is 0.0822. The molecule has 0 aliphatic carbocycles. The minimum atomic E-state index is -0.667. The maximum absolute atomic E-state index is 10.8. The van der Waals surface area contributed by atoms with E-state index in [-0.39, 0.29) is 25.7 Å². The van der Waals surface area contributed by atoms with Crippen LogP contribution in [0, 0.1) is 0 Å². The van der Waals surface area contributed by atoms with Crippen LogP contribution in [0.3, 0.4) is 0 Å². The van der Waals surface area contributed by atoms with Gasteiger partial charge >= 0.3 is 5.97 Å². The number of aliphatic hydroxyl groups excluding tert-OH is 1. The Morgan fingerprint density at radius 3 is 2.76 bits per heavy atom. The molecule has 1 unspecified atom stereocenters. The van der Waals surface area contributed by atoms with E-state index in [2.05, 4.69) is 10.1 Å². The van der Waals surface area contributed by atoms with Gasteiger partial charge in [-0.1, -0.05) is 18.2 Å². The number of aliphatic hydroxyl groups is 1. The number of carbonyl (C=O) groups excluding carboxylic acids is 1. The van der Waals surface area contributed by atoms with Crippen molar-refractivity contribution >= 4 is 5.97 Å². The van der Waals surface area contributed by atoms with Crippen LogP contribution in [0.15, 0.2) is 30.3 Å². The molecule has 0 amide bonds. The van der Waals surface area contributed by atoms with Crippen LogP contribution >= 0.6 is 0 Å². The number of nitrogens with one attached hydrogen (secondary N) is 1. The maximum Gasteiger partial charge on any atom is 0.319 e. The SMILES string of the molecule is COC(=O)CNCC(O)COc1ccccc1. The molecule has 2 N–H and O–H groups in total. The highest BCUT2D eigenvalue weighted by Crippen LogP contribution is 2.08. The molecule has 1 aromatic rings. The summed E-state index contributed by atoms with van der Waals surface area (Å²) in [7, 11) is 1.32. The molecule has 1 rings (SSSR count). The first-order valence-corrected chi connectivity index (χ1v) is 5.36. The molecule has 0 radical (unpaired) electrons. The standard InChI is InChI=1S/C12H17NO4/c1-16-12(15)8-13-7-10(14)9-17-11-5-3-2-4-6-11/h2-6,10,13-14H,7-9H2,1H3. The number of rotatable bonds is 7. The van der Waals surface area contributed by atoms with Gasteiger partial charge in [0.05, 0.1) is 13.7 Å². The number of esters is 1. The normalized spacial score (nSPS) is 11.9. The number of methoxy groups -OCH3 is 1. The summed E-state index contributed by atoms with van der Waals surface area (Å²) in [5, 5.41) is 12.3. The van der Waals surface area contributed by atoms with Gasteiger partial charge in [-0.05, 0) is 12.1 Å². The van der Waals surface area contributed by atoms with E-state index >= 15 is 0 Å². The smallest absolute Gasteiger partial charge is 0.319 e. The van der Waals surface area contributed by atoms with E-state index in [1.54, 1.807) is 0 Å². The van der Waals surface area contributed by atoms with Crippen LogP contribution in [0.1, 0.15) is 0 Å². The Bertz CT molecular complexity index is 329. The Kier molecular flexibility index (Phi) is 6.06. The summed E-state index contributed by atoms with van der Waals surface area (Å²) in [4.78, 5) is 10.8. The number of carbonyl (C=O) groups is 1. The lowest BCUT2D eigenvalue weighted by molar-refractivity contribution is -0.139. The second kappa shape index (κ2) is 7.65. The lowest BCUT2D eigenvalue weighted by Gasteiger charge is -2.12. The summed E-state index contributed by atoms with van der Waals surface area (Å²) < 4.78 is 9.79. The summed E-state index contributed by atoms with van der Waals surface area (Å²) in [5.74, 6) is 0.348. The van der Waals surface area contributed by atoms with Crippen molar-refractivity contribution in [2.24, 2.45) is 0 Å². The molecule has 0 bridgehead atoms. The molecule has 94 valence electrons. The highest BCUT2D eigenvalue weighted by atomic mass is 16.5. The zero-order valence-electron chi connectivity index (χ0n) is 9.76. The van der Waals surface area contributed by atoms with Crippen molar-refractivity contribution < 1.29 is 19.4 Å². The van der Waals surface area contributed by atoms with Gasteiger partial charge in [0.1, 0.15) is 18.5 Å². The molecule has 17 heavy (non-hydrogen) atoms. The van der Waals surface area contributed by atoms with E-state index in [9.17, 15) is 9.90 Å². The lowest BCUT2D eigenvalue weighted by atomic mass is 10.3. The molecule has 0 aliphatic heterocycles. The van der Waals surface area contributed by atoms with Crippen LogP contribution in [-0.4, -0.2) is 44.0 Å². The van der Waals surface area contributed by atoms with Gasteiger partial charge in [-0.2, -0.15) is 0 Å². The number of hydrogen-bond donors (Lipinski definition) is 2. The van der Waals surface area contributed by atoms with Crippen LogP contribution < -0.4 is 10.1 Å². The van der Waals surface area contributed by atoms with Crippen molar-refractivity contribution in [3.63, 3.8) is 0 Å². The fourth-order valence-electron chi connectivity index (χ4n) is 1.18. The predicted molar refractivity (Wildman–Crippen MR) is 62.8 cm³/mol. The minimum Gasteiger partial charge on any atom is -0.491 e. The third kappa shape index (κ3) is 5.89. The molecule has 0 saturated heterocycles. The van der Waals surface area contributed by atoms with Crippen molar-refractivity contribution in [3.05, 3.63) is 30.3 Å². The Morgan fingerprint density at radius 2 is 2.12 bits per heavy atom. The molecular formula is C12H17NO4. The molecular weight excluding hydrogens is 222 g/mol. The summed E-state index contributed by atoms with van der Waals surface area (Å²) in [6, 6.07) is 9.23. The fourth-order valence-corrected chi connectivity index (χ4v) is 1.18. The highest BCUT2D eigenvalue weighted by molar-refractivity contribution is 5.71. The second-order valence-corrected chi connectivity index (χ2v) is 3.48. The average molecular weight is 239 g/mol. The molecule has 0 aliphatic rings. The van der Waals surface area contributed by atoms with Crippen LogP contribution in [0.5, 0.6) is 5.75 Å². The first-order valence-electron chi connectivity index (χ1n) is 5.36. The molecule has 5 heteroatoms. The largest absolute Gasteiger partial charge is 0.491 e. The summed E-state index contributed by atoms with van der Waals surface area (Å²) in [6.45, 7) is 0.541. The van der Waals surface area contributed by atoms with Crippen molar-refractivity contribution in [2.75, 3.05) is 26.8 Å². The fraction of sp³-hybridized carbons (Fsp3) is 0.417. The van der Waals surface area contributed by atoms with Crippen LogP contribution in [-0.2, 0) is 9.53 Å². The third-order valence-corrected chi connectivity index (χ3v) is 2.06. The molecule has 5 nitrogen and oxygen atoms in total. The summed E-state index contributed by atoms with van der Waals surface area (Å²) in [5.41, 5.74) is 0. The number of ether oxygens (including phenoxy) is 2. The quantitative estimate of drug-likeness (QED) is 0.665. The van der Waals surface area contributed by atoms with E-state index in [4.69, 9.17) is 4.74 Å². The first kappa shape index (κ1) is 13.5. The third-order valence-electron chi connectivity index (χ3n) is 2.06. The van der Waals surface area contributed by atoms with E-state index in [0.717, 1.165) is 0 Å². The molecule has 1 aromatic carbocycles. The first-order chi connectivity index (χ1) is 8.22. The number of para-hydroxylation sites is 1. The maximum atomic E-state index is 10.8. The van der Waals surface area contributed by atoms with E-state index in [1.807, 2.05) is 30.3 Å². The topological polar surface area (TPSA) is 67.8 Å². The highest BCUT2D eigenvalue weighted by Gasteiger charge is 2.06. The van der Waals surface area contributed by atoms with E-state index in [0.29, 0.717) is 5.75 Å². The van der Waals surface area contributed by atoms with Gasteiger partial charge in [0.15, 0.2) is 0 Å². The van der Waals surface area contributed by atoms with Gasteiger partial charge in [0, 0.05) is 6.54 Å². The Morgan fingerprint density at radius 1 is 1.41 bits per heavy atom. The van der Waals surface area contributed by atoms with Crippen LogP contribution in [0.2, 0.25) is 0 Å². The van der Waals surface area contributed by atoms with Crippen molar-refractivity contribution in [3.8, 4) is 5.75 Å². The molecule has 0 heterocycles. The lowest BCUT2D eigenvalue weighted by Crippen LogP contribution is -2.34. The van der Waals surface area contributed by atoms with Gasteiger partial charge < -0.3 is 19.9 Å². The van der Waals surface area contributed by atoms with Crippen molar-refractivity contribution in [2.45, 2.75) is 6.10 Å². The monoisotopic (exact) mass is 239 g/mol.